The van der Waals surface area contributed by atoms with Crippen molar-refractivity contribution >= 4 is 15.8 Å². The molecule has 0 aliphatic heterocycles. The molecule has 0 spiro atoms. The maximum Gasteiger partial charge on any atom is 0.320 e. The van der Waals surface area contributed by atoms with Gasteiger partial charge in [-0.15, -0.1) is 0 Å². The zero-order chi connectivity index (χ0) is 13.6. The molecular weight excluding hydrogens is 254 g/mol. The molecule has 1 saturated carbocycles. The van der Waals surface area contributed by atoms with Gasteiger partial charge in [-0.2, -0.15) is 0 Å². The Morgan fingerprint density at radius 1 is 1.33 bits per heavy atom. The summed E-state index contributed by atoms with van der Waals surface area (Å²) in [6.45, 7) is 4.77. The number of carbonyl (C=O) groups excluding carboxylic acids is 1. The Hall–Kier alpha value is -0.620. The molecule has 1 aliphatic carbocycles. The normalized spacial score (nSPS) is 15.9. The van der Waals surface area contributed by atoms with Crippen LogP contribution in [0.3, 0.4) is 0 Å². The molecule has 106 valence electrons. The van der Waals surface area contributed by atoms with E-state index in [1.54, 1.807) is 13.8 Å². The Morgan fingerprint density at radius 2 is 2.00 bits per heavy atom. The van der Waals surface area contributed by atoms with Crippen LogP contribution in [0.5, 0.6) is 0 Å². The second-order valence-corrected chi connectivity index (χ2v) is 7.07. The minimum absolute atomic E-state index is 0.189. The summed E-state index contributed by atoms with van der Waals surface area (Å²) in [7, 11) is -2.90. The van der Waals surface area contributed by atoms with Crippen LogP contribution in [-0.2, 0) is 19.4 Å². The summed E-state index contributed by atoms with van der Waals surface area (Å²) >= 11 is 0. The molecule has 0 radical (unpaired) electrons. The summed E-state index contributed by atoms with van der Waals surface area (Å²) < 4.78 is 27.7. The van der Waals surface area contributed by atoms with Crippen LogP contribution in [0.2, 0.25) is 0 Å². The second kappa shape index (κ2) is 7.09. The number of esters is 1. The number of carbonyl (C=O) groups is 1. The Morgan fingerprint density at radius 3 is 2.50 bits per heavy atom. The number of rotatable bonds is 9. The Kier molecular flexibility index (Phi) is 6.08. The van der Waals surface area contributed by atoms with Gasteiger partial charge in [0.1, 0.15) is 9.84 Å². The molecule has 6 heteroatoms. The van der Waals surface area contributed by atoms with Gasteiger partial charge >= 0.3 is 5.97 Å². The molecule has 5 nitrogen and oxygen atoms in total. The quantitative estimate of drug-likeness (QED) is 0.584. The van der Waals surface area contributed by atoms with Crippen LogP contribution in [0.25, 0.3) is 0 Å². The fourth-order valence-electron chi connectivity index (χ4n) is 1.83. The van der Waals surface area contributed by atoms with Crippen molar-refractivity contribution in [3.05, 3.63) is 0 Å². The molecule has 0 saturated heterocycles. The highest BCUT2D eigenvalue weighted by Crippen LogP contribution is 2.26. The SMILES string of the molecule is CCOC(=O)CN(CCCS(=O)(=O)CC)C1CC1. The lowest BCUT2D eigenvalue weighted by Crippen LogP contribution is -2.34. The maximum atomic E-state index is 11.4. The fraction of sp³-hybridized carbons (Fsp3) is 0.917. The van der Waals surface area contributed by atoms with Crippen LogP contribution in [0.4, 0.5) is 0 Å². The first-order chi connectivity index (χ1) is 8.48. The zero-order valence-electron chi connectivity index (χ0n) is 11.2. The Balaban J connectivity index is 2.32. The fourth-order valence-corrected chi connectivity index (χ4v) is 2.69. The first kappa shape index (κ1) is 15.4. The predicted molar refractivity (Wildman–Crippen MR) is 70.2 cm³/mol. The van der Waals surface area contributed by atoms with Crippen molar-refractivity contribution in [2.45, 2.75) is 39.2 Å². The summed E-state index contributed by atoms with van der Waals surface area (Å²) in [4.78, 5) is 13.5. The van der Waals surface area contributed by atoms with Crippen LogP contribution < -0.4 is 0 Å². The van der Waals surface area contributed by atoms with E-state index in [9.17, 15) is 13.2 Å². The molecule has 0 aromatic heterocycles. The summed E-state index contributed by atoms with van der Waals surface area (Å²) in [5.41, 5.74) is 0. The molecule has 0 heterocycles. The van der Waals surface area contributed by atoms with E-state index in [2.05, 4.69) is 0 Å². The predicted octanol–water partition coefficient (Wildman–Crippen LogP) is 0.839. The van der Waals surface area contributed by atoms with Crippen molar-refractivity contribution in [1.82, 2.24) is 4.90 Å². The Labute approximate surface area is 109 Å². The van der Waals surface area contributed by atoms with Crippen molar-refractivity contribution < 1.29 is 17.9 Å². The smallest absolute Gasteiger partial charge is 0.320 e. The second-order valence-electron chi connectivity index (χ2n) is 4.60. The number of ether oxygens (including phenoxy) is 1. The number of hydrogen-bond acceptors (Lipinski definition) is 5. The van der Waals surface area contributed by atoms with E-state index < -0.39 is 9.84 Å². The van der Waals surface area contributed by atoms with Crippen molar-refractivity contribution in [3.63, 3.8) is 0 Å². The monoisotopic (exact) mass is 277 g/mol. The van der Waals surface area contributed by atoms with Gasteiger partial charge in [-0.25, -0.2) is 8.42 Å². The summed E-state index contributed by atoms with van der Waals surface area (Å²) in [5, 5.41) is 0. The van der Waals surface area contributed by atoms with Gasteiger partial charge in [0.2, 0.25) is 0 Å². The van der Waals surface area contributed by atoms with Crippen LogP contribution >= 0.6 is 0 Å². The van der Waals surface area contributed by atoms with Gasteiger partial charge in [0.05, 0.1) is 18.9 Å². The summed E-state index contributed by atoms with van der Waals surface area (Å²) in [5.74, 6) is 0.173. The van der Waals surface area contributed by atoms with Crippen molar-refractivity contribution in [2.75, 3.05) is 31.2 Å². The molecule has 0 atom stereocenters. The van der Waals surface area contributed by atoms with E-state index in [-0.39, 0.29) is 24.0 Å². The van der Waals surface area contributed by atoms with Gasteiger partial charge < -0.3 is 4.74 Å². The first-order valence-electron chi connectivity index (χ1n) is 6.58. The maximum absolute atomic E-state index is 11.4. The zero-order valence-corrected chi connectivity index (χ0v) is 12.0. The van der Waals surface area contributed by atoms with Gasteiger partial charge in [0, 0.05) is 11.8 Å². The van der Waals surface area contributed by atoms with Crippen LogP contribution in [0.1, 0.15) is 33.1 Å². The lowest BCUT2D eigenvalue weighted by Gasteiger charge is -2.20. The van der Waals surface area contributed by atoms with Crippen LogP contribution in [0, 0.1) is 0 Å². The van der Waals surface area contributed by atoms with Gasteiger partial charge in [-0.05, 0) is 32.7 Å². The van der Waals surface area contributed by atoms with Gasteiger partial charge in [0.15, 0.2) is 0 Å². The molecule has 1 aliphatic rings. The third-order valence-electron chi connectivity index (χ3n) is 3.04. The van der Waals surface area contributed by atoms with Crippen LogP contribution in [-0.4, -0.2) is 56.5 Å². The molecule has 18 heavy (non-hydrogen) atoms. The molecule has 1 fully saturated rings. The molecule has 0 bridgehead atoms. The first-order valence-corrected chi connectivity index (χ1v) is 8.40. The van der Waals surface area contributed by atoms with E-state index in [4.69, 9.17) is 4.74 Å². The van der Waals surface area contributed by atoms with E-state index in [0.717, 1.165) is 12.8 Å². The lowest BCUT2D eigenvalue weighted by atomic mass is 10.4. The Bertz CT molecular complexity index is 362. The molecular formula is C12H23NO4S. The third-order valence-corrected chi connectivity index (χ3v) is 4.83. The average Bonchev–Trinajstić information content (AvgIpc) is 3.12. The van der Waals surface area contributed by atoms with E-state index in [0.29, 0.717) is 25.6 Å². The minimum atomic E-state index is -2.90. The van der Waals surface area contributed by atoms with Crippen molar-refractivity contribution in [2.24, 2.45) is 0 Å². The molecule has 1 rings (SSSR count). The van der Waals surface area contributed by atoms with Crippen LogP contribution in [0.15, 0.2) is 0 Å². The minimum Gasteiger partial charge on any atom is -0.465 e. The molecule has 0 aromatic carbocycles. The summed E-state index contributed by atoms with van der Waals surface area (Å²) in [6.07, 6.45) is 2.78. The van der Waals surface area contributed by atoms with E-state index >= 15 is 0 Å². The molecule has 0 amide bonds. The standard InChI is InChI=1S/C12H23NO4S/c1-3-17-12(14)10-13(11-6-7-11)8-5-9-18(15,16)4-2/h11H,3-10H2,1-2H3. The van der Waals surface area contributed by atoms with E-state index in [1.165, 1.54) is 0 Å². The van der Waals surface area contributed by atoms with Crippen molar-refractivity contribution in [1.29, 1.82) is 0 Å². The highest BCUT2D eigenvalue weighted by molar-refractivity contribution is 7.91. The molecule has 0 N–H and O–H groups in total. The highest BCUT2D eigenvalue weighted by Gasteiger charge is 2.30. The largest absolute Gasteiger partial charge is 0.465 e. The molecule has 0 unspecified atom stereocenters. The third kappa shape index (κ3) is 5.82. The van der Waals surface area contributed by atoms with Crippen molar-refractivity contribution in [3.8, 4) is 0 Å². The van der Waals surface area contributed by atoms with Gasteiger partial charge in [0.25, 0.3) is 0 Å². The number of hydrogen-bond donors (Lipinski definition) is 0. The lowest BCUT2D eigenvalue weighted by molar-refractivity contribution is -0.144. The van der Waals surface area contributed by atoms with E-state index in [1.807, 2.05) is 4.90 Å². The van der Waals surface area contributed by atoms with Gasteiger partial charge in [-0.3, -0.25) is 9.69 Å². The molecule has 0 aromatic rings. The van der Waals surface area contributed by atoms with Gasteiger partial charge in [-0.1, -0.05) is 6.92 Å². The average molecular weight is 277 g/mol. The summed E-state index contributed by atoms with van der Waals surface area (Å²) in [6, 6.07) is 0.443. The number of sulfone groups is 1. The topological polar surface area (TPSA) is 63.7 Å². The highest BCUT2D eigenvalue weighted by atomic mass is 32.2. The number of nitrogens with zero attached hydrogens (tertiary/aromatic N) is 1.